The largest absolute Gasteiger partial charge is 0.494 e. The molecule has 0 bridgehead atoms. The Balaban J connectivity index is 1.95. The summed E-state index contributed by atoms with van der Waals surface area (Å²) in [6, 6.07) is 14.3. The van der Waals surface area contributed by atoms with Crippen LogP contribution in [0.15, 0.2) is 42.5 Å². The number of rotatable bonds is 5. The number of aryl methyl sites for hydroxylation is 2. The van der Waals surface area contributed by atoms with Gasteiger partial charge in [0, 0.05) is 17.8 Å². The van der Waals surface area contributed by atoms with Crippen molar-refractivity contribution in [3.63, 3.8) is 0 Å². The van der Waals surface area contributed by atoms with Gasteiger partial charge in [-0.2, -0.15) is 0 Å². The van der Waals surface area contributed by atoms with Gasteiger partial charge in [0.1, 0.15) is 5.75 Å². The van der Waals surface area contributed by atoms with Crippen LogP contribution in [0.1, 0.15) is 23.6 Å². The van der Waals surface area contributed by atoms with Crippen molar-refractivity contribution in [2.24, 2.45) is 0 Å². The molecule has 2 aromatic carbocycles. The molecule has 0 saturated carbocycles. The molecule has 0 aliphatic heterocycles. The van der Waals surface area contributed by atoms with Crippen molar-refractivity contribution in [2.75, 3.05) is 11.9 Å². The maximum Gasteiger partial charge on any atom is 0.171 e. The molecule has 0 fully saturated rings. The molecular weight excluding hydrogens is 292 g/mol. The molecule has 22 heavy (non-hydrogen) atoms. The summed E-state index contributed by atoms with van der Waals surface area (Å²) in [6.45, 7) is 7.42. The summed E-state index contributed by atoms with van der Waals surface area (Å²) in [5.74, 6) is 0.895. The molecule has 0 unspecified atom stereocenters. The lowest BCUT2D eigenvalue weighted by Crippen LogP contribution is -2.28. The molecule has 0 amide bonds. The summed E-state index contributed by atoms with van der Waals surface area (Å²) in [5.41, 5.74) is 4.53. The van der Waals surface area contributed by atoms with E-state index in [9.17, 15) is 0 Å². The predicted molar refractivity (Wildman–Crippen MR) is 96.6 cm³/mol. The van der Waals surface area contributed by atoms with Crippen LogP contribution in [0.3, 0.4) is 0 Å². The Labute approximate surface area is 137 Å². The van der Waals surface area contributed by atoms with Gasteiger partial charge in [0.05, 0.1) is 6.61 Å². The number of hydrogen-bond acceptors (Lipinski definition) is 2. The molecule has 4 heteroatoms. The highest BCUT2D eigenvalue weighted by molar-refractivity contribution is 7.80. The van der Waals surface area contributed by atoms with Gasteiger partial charge in [-0.15, -0.1) is 0 Å². The molecule has 0 aromatic heterocycles. The van der Waals surface area contributed by atoms with Gasteiger partial charge in [0.15, 0.2) is 5.11 Å². The highest BCUT2D eigenvalue weighted by atomic mass is 32.1. The molecule has 0 atom stereocenters. The summed E-state index contributed by atoms with van der Waals surface area (Å²) in [4.78, 5) is 0. The number of hydrogen-bond donors (Lipinski definition) is 2. The molecule has 2 N–H and O–H groups in total. The van der Waals surface area contributed by atoms with E-state index in [-0.39, 0.29) is 0 Å². The monoisotopic (exact) mass is 314 g/mol. The minimum absolute atomic E-state index is 0.608. The summed E-state index contributed by atoms with van der Waals surface area (Å²) >= 11 is 5.37. The zero-order chi connectivity index (χ0) is 15.9. The molecule has 0 heterocycles. The van der Waals surface area contributed by atoms with Crippen LogP contribution in [0, 0.1) is 13.8 Å². The lowest BCUT2D eigenvalue weighted by molar-refractivity contribution is 0.336. The first-order chi connectivity index (χ1) is 10.6. The fourth-order valence-electron chi connectivity index (χ4n) is 2.34. The first-order valence-electron chi connectivity index (χ1n) is 7.42. The van der Waals surface area contributed by atoms with Gasteiger partial charge in [0.2, 0.25) is 0 Å². The van der Waals surface area contributed by atoms with Crippen molar-refractivity contribution < 1.29 is 4.74 Å². The zero-order valence-electron chi connectivity index (χ0n) is 13.3. The number of nitrogens with one attached hydrogen (secondary N) is 2. The van der Waals surface area contributed by atoms with Gasteiger partial charge in [-0.1, -0.05) is 24.3 Å². The van der Waals surface area contributed by atoms with Crippen molar-refractivity contribution in [3.8, 4) is 5.75 Å². The summed E-state index contributed by atoms with van der Waals surface area (Å²) in [5, 5.41) is 7.06. The highest BCUT2D eigenvalue weighted by Crippen LogP contribution is 2.18. The highest BCUT2D eigenvalue weighted by Gasteiger charge is 2.04. The van der Waals surface area contributed by atoms with Crippen LogP contribution < -0.4 is 15.4 Å². The third kappa shape index (κ3) is 4.74. The smallest absolute Gasteiger partial charge is 0.171 e. The average Bonchev–Trinajstić information content (AvgIpc) is 2.45. The van der Waals surface area contributed by atoms with E-state index in [1.54, 1.807) is 0 Å². The van der Waals surface area contributed by atoms with Crippen molar-refractivity contribution in [1.82, 2.24) is 5.32 Å². The minimum Gasteiger partial charge on any atom is -0.494 e. The number of para-hydroxylation sites is 1. The predicted octanol–water partition coefficient (Wildman–Crippen LogP) is 4.19. The molecule has 0 saturated heterocycles. The van der Waals surface area contributed by atoms with E-state index < -0.39 is 0 Å². The van der Waals surface area contributed by atoms with E-state index in [0.29, 0.717) is 18.3 Å². The summed E-state index contributed by atoms with van der Waals surface area (Å²) in [7, 11) is 0. The van der Waals surface area contributed by atoms with E-state index in [1.165, 1.54) is 11.1 Å². The van der Waals surface area contributed by atoms with Crippen molar-refractivity contribution in [1.29, 1.82) is 0 Å². The Hall–Kier alpha value is -2.07. The van der Waals surface area contributed by atoms with E-state index in [2.05, 4.69) is 42.7 Å². The van der Waals surface area contributed by atoms with Crippen LogP contribution >= 0.6 is 12.2 Å². The van der Waals surface area contributed by atoms with E-state index in [1.807, 2.05) is 31.2 Å². The van der Waals surface area contributed by atoms with Gasteiger partial charge in [-0.3, -0.25) is 0 Å². The number of benzene rings is 2. The normalized spacial score (nSPS) is 10.1. The van der Waals surface area contributed by atoms with Crippen molar-refractivity contribution in [2.45, 2.75) is 27.3 Å². The molecule has 0 spiro atoms. The van der Waals surface area contributed by atoms with Crippen LogP contribution in [-0.4, -0.2) is 11.7 Å². The standard InChI is InChI=1S/C18H22N2OS/c1-4-21-17-8-6-5-7-15(17)12-19-18(22)20-16-10-13(2)9-14(3)11-16/h5-11H,4,12H2,1-3H3,(H2,19,20,22). The Morgan fingerprint density at radius 2 is 1.77 bits per heavy atom. The SMILES string of the molecule is CCOc1ccccc1CNC(=S)Nc1cc(C)cc(C)c1. The quantitative estimate of drug-likeness (QED) is 0.811. The summed E-state index contributed by atoms with van der Waals surface area (Å²) < 4.78 is 5.62. The van der Waals surface area contributed by atoms with Gasteiger partial charge < -0.3 is 15.4 Å². The Kier molecular flexibility index (Phi) is 5.78. The van der Waals surface area contributed by atoms with E-state index in [4.69, 9.17) is 17.0 Å². The number of thiocarbonyl (C=S) groups is 1. The Morgan fingerprint density at radius 3 is 2.45 bits per heavy atom. The molecule has 0 aliphatic rings. The molecule has 0 radical (unpaired) electrons. The first-order valence-corrected chi connectivity index (χ1v) is 7.83. The second kappa shape index (κ2) is 7.80. The van der Waals surface area contributed by atoms with Gasteiger partial charge in [0.25, 0.3) is 0 Å². The molecule has 2 rings (SSSR count). The molecule has 3 nitrogen and oxygen atoms in total. The molecule has 0 aliphatic carbocycles. The average molecular weight is 314 g/mol. The van der Waals surface area contributed by atoms with Crippen LogP contribution in [-0.2, 0) is 6.54 Å². The number of anilines is 1. The maximum absolute atomic E-state index is 5.62. The number of ether oxygens (including phenoxy) is 1. The molecule has 2 aromatic rings. The Morgan fingerprint density at radius 1 is 1.09 bits per heavy atom. The minimum atomic E-state index is 0.608. The van der Waals surface area contributed by atoms with Crippen molar-refractivity contribution >= 4 is 23.0 Å². The lowest BCUT2D eigenvalue weighted by Gasteiger charge is -2.14. The summed E-state index contributed by atoms with van der Waals surface area (Å²) in [6.07, 6.45) is 0. The fraction of sp³-hybridized carbons (Fsp3) is 0.278. The maximum atomic E-state index is 5.62. The van der Waals surface area contributed by atoms with Gasteiger partial charge >= 0.3 is 0 Å². The second-order valence-electron chi connectivity index (χ2n) is 5.22. The van der Waals surface area contributed by atoms with Crippen LogP contribution in [0.2, 0.25) is 0 Å². The van der Waals surface area contributed by atoms with Gasteiger partial charge in [-0.25, -0.2) is 0 Å². The molecular formula is C18H22N2OS. The zero-order valence-corrected chi connectivity index (χ0v) is 14.1. The van der Waals surface area contributed by atoms with E-state index in [0.717, 1.165) is 17.0 Å². The third-order valence-electron chi connectivity index (χ3n) is 3.19. The van der Waals surface area contributed by atoms with Gasteiger partial charge in [-0.05, 0) is 62.3 Å². The fourth-order valence-corrected chi connectivity index (χ4v) is 2.53. The van der Waals surface area contributed by atoms with E-state index >= 15 is 0 Å². The van der Waals surface area contributed by atoms with Crippen molar-refractivity contribution in [3.05, 3.63) is 59.2 Å². The van der Waals surface area contributed by atoms with Crippen LogP contribution in [0.4, 0.5) is 5.69 Å². The first kappa shape index (κ1) is 16.3. The second-order valence-corrected chi connectivity index (χ2v) is 5.63. The van der Waals surface area contributed by atoms with Crippen LogP contribution in [0.25, 0.3) is 0 Å². The van der Waals surface area contributed by atoms with Crippen LogP contribution in [0.5, 0.6) is 5.75 Å². The Bertz CT molecular complexity index is 635. The topological polar surface area (TPSA) is 33.3 Å². The lowest BCUT2D eigenvalue weighted by atomic mass is 10.1. The molecule has 116 valence electrons. The third-order valence-corrected chi connectivity index (χ3v) is 3.44.